The molecule has 0 bridgehead atoms. The van der Waals surface area contributed by atoms with Gasteiger partial charge in [-0.3, -0.25) is 4.79 Å². The van der Waals surface area contributed by atoms with E-state index in [1.807, 2.05) is 0 Å². The molecule has 1 aromatic heterocycles. The Balaban J connectivity index is 2.05. The zero-order valence-electron chi connectivity index (χ0n) is 14.5. The average molecular weight is 432 g/mol. The van der Waals surface area contributed by atoms with Crippen LogP contribution in [0.15, 0.2) is 28.5 Å². The van der Waals surface area contributed by atoms with E-state index in [0.717, 1.165) is 21.8 Å². The summed E-state index contributed by atoms with van der Waals surface area (Å²) in [5, 5.41) is 3.16. The van der Waals surface area contributed by atoms with Gasteiger partial charge in [-0.25, -0.2) is 17.9 Å². The first kappa shape index (κ1) is 21.0. The number of thiophene rings is 1. The predicted octanol–water partition coefficient (Wildman–Crippen LogP) is 2.05. The van der Waals surface area contributed by atoms with Crippen molar-refractivity contribution < 1.29 is 22.7 Å². The standard InChI is InChI=1S/C16H18ClN3O5S2/c1-9-7-14(27(23,24)20-16(18)22)26-13(9)5-6-19-15(21)11-8-10(17)3-4-12(11)25-2/h3-4,7-8H,5-6H2,1-2H3,(H,19,21)(H3,18,20,22). The zero-order valence-corrected chi connectivity index (χ0v) is 16.9. The molecule has 0 radical (unpaired) electrons. The topological polar surface area (TPSA) is 128 Å². The molecule has 2 rings (SSSR count). The van der Waals surface area contributed by atoms with Crippen LogP contribution in [0, 0.1) is 6.92 Å². The zero-order chi connectivity index (χ0) is 20.2. The first-order valence-electron chi connectivity index (χ1n) is 7.67. The molecule has 0 aliphatic carbocycles. The Morgan fingerprint density at radius 3 is 2.63 bits per heavy atom. The van der Waals surface area contributed by atoms with Crippen molar-refractivity contribution in [2.75, 3.05) is 13.7 Å². The van der Waals surface area contributed by atoms with Gasteiger partial charge >= 0.3 is 6.03 Å². The van der Waals surface area contributed by atoms with Gasteiger partial charge in [0.25, 0.3) is 15.9 Å². The van der Waals surface area contributed by atoms with Crippen LogP contribution in [0.1, 0.15) is 20.8 Å². The maximum atomic E-state index is 12.3. The molecule has 1 heterocycles. The van der Waals surface area contributed by atoms with E-state index in [0.29, 0.717) is 22.8 Å². The summed E-state index contributed by atoms with van der Waals surface area (Å²) in [6.45, 7) is 2.02. The summed E-state index contributed by atoms with van der Waals surface area (Å²) in [5.74, 6) is 0.0434. The number of rotatable bonds is 7. The van der Waals surface area contributed by atoms with Crippen LogP contribution < -0.4 is 20.5 Å². The summed E-state index contributed by atoms with van der Waals surface area (Å²) < 4.78 is 30.8. The van der Waals surface area contributed by atoms with E-state index in [2.05, 4.69) is 5.32 Å². The first-order chi connectivity index (χ1) is 12.6. The lowest BCUT2D eigenvalue weighted by Crippen LogP contribution is -2.34. The molecule has 0 aliphatic heterocycles. The molecule has 27 heavy (non-hydrogen) atoms. The number of aryl methyl sites for hydroxylation is 1. The second-order valence-corrected chi connectivity index (χ2v) is 8.97. The summed E-state index contributed by atoms with van der Waals surface area (Å²) in [6.07, 6.45) is 0.414. The number of carbonyl (C=O) groups is 2. The number of benzene rings is 1. The number of urea groups is 1. The third kappa shape index (κ3) is 5.34. The maximum Gasteiger partial charge on any atom is 0.326 e. The average Bonchev–Trinajstić information content (AvgIpc) is 2.95. The molecular formula is C16H18ClN3O5S2. The van der Waals surface area contributed by atoms with Crippen LogP contribution in [0.25, 0.3) is 0 Å². The Bertz CT molecular complexity index is 972. The maximum absolute atomic E-state index is 12.3. The second-order valence-electron chi connectivity index (χ2n) is 5.49. The minimum absolute atomic E-state index is 0.0170. The molecular weight excluding hydrogens is 414 g/mol. The van der Waals surface area contributed by atoms with Gasteiger partial charge in [0.15, 0.2) is 0 Å². The third-order valence-corrected chi connectivity index (χ3v) is 6.89. The van der Waals surface area contributed by atoms with E-state index in [9.17, 15) is 18.0 Å². The van der Waals surface area contributed by atoms with Crippen LogP contribution in [-0.4, -0.2) is 34.0 Å². The van der Waals surface area contributed by atoms with E-state index < -0.39 is 16.1 Å². The van der Waals surface area contributed by atoms with E-state index in [1.54, 1.807) is 23.8 Å². The lowest BCUT2D eigenvalue weighted by molar-refractivity contribution is 0.0951. The Kier molecular flexibility index (Phi) is 6.68. The van der Waals surface area contributed by atoms with Crippen molar-refractivity contribution in [3.63, 3.8) is 0 Å². The Morgan fingerprint density at radius 2 is 2.00 bits per heavy atom. The van der Waals surface area contributed by atoms with E-state index in [-0.39, 0.29) is 16.7 Å². The van der Waals surface area contributed by atoms with Gasteiger partial charge in [-0.15, -0.1) is 11.3 Å². The quantitative estimate of drug-likeness (QED) is 0.618. The van der Waals surface area contributed by atoms with Crippen molar-refractivity contribution in [1.29, 1.82) is 0 Å². The number of halogens is 1. The summed E-state index contributed by atoms with van der Waals surface area (Å²) in [6, 6.07) is 5.03. The van der Waals surface area contributed by atoms with Crippen LogP contribution in [0.5, 0.6) is 5.75 Å². The molecule has 0 saturated heterocycles. The molecule has 0 aliphatic rings. The molecule has 0 spiro atoms. The Hall–Kier alpha value is -2.30. The van der Waals surface area contributed by atoms with Crippen molar-refractivity contribution in [2.24, 2.45) is 5.73 Å². The number of hydrogen-bond donors (Lipinski definition) is 3. The monoisotopic (exact) mass is 431 g/mol. The highest BCUT2D eigenvalue weighted by Crippen LogP contribution is 2.26. The van der Waals surface area contributed by atoms with Gasteiger partial charge in [-0.1, -0.05) is 11.6 Å². The van der Waals surface area contributed by atoms with Crippen molar-refractivity contribution >= 4 is 44.9 Å². The molecule has 4 N–H and O–H groups in total. The minimum atomic E-state index is -3.98. The van der Waals surface area contributed by atoms with E-state index >= 15 is 0 Å². The number of ether oxygens (including phenoxy) is 1. The highest BCUT2D eigenvalue weighted by atomic mass is 35.5. The van der Waals surface area contributed by atoms with Gasteiger partial charge in [0.2, 0.25) is 0 Å². The van der Waals surface area contributed by atoms with Crippen LogP contribution >= 0.6 is 22.9 Å². The SMILES string of the molecule is COc1ccc(Cl)cc1C(=O)NCCc1sc(S(=O)(=O)NC(N)=O)cc1C. The molecule has 3 amide bonds. The van der Waals surface area contributed by atoms with Gasteiger partial charge < -0.3 is 15.8 Å². The normalized spacial score (nSPS) is 11.1. The highest BCUT2D eigenvalue weighted by Gasteiger charge is 2.20. The Labute approximate surface area is 165 Å². The van der Waals surface area contributed by atoms with Gasteiger partial charge in [-0.2, -0.15) is 0 Å². The fourth-order valence-corrected chi connectivity index (χ4v) is 4.93. The first-order valence-corrected chi connectivity index (χ1v) is 10.3. The largest absolute Gasteiger partial charge is 0.496 e. The van der Waals surface area contributed by atoms with Gasteiger partial charge in [0.1, 0.15) is 9.96 Å². The molecule has 2 aromatic rings. The number of hydrogen-bond acceptors (Lipinski definition) is 6. The van der Waals surface area contributed by atoms with Crippen molar-refractivity contribution in [3.05, 3.63) is 45.3 Å². The lowest BCUT2D eigenvalue weighted by Gasteiger charge is -2.09. The molecule has 0 unspecified atom stereocenters. The van der Waals surface area contributed by atoms with Crippen LogP contribution in [-0.2, 0) is 16.4 Å². The fraction of sp³-hybridized carbons (Fsp3) is 0.250. The third-order valence-electron chi connectivity index (χ3n) is 3.54. The molecule has 146 valence electrons. The summed E-state index contributed by atoms with van der Waals surface area (Å²) >= 11 is 6.93. The van der Waals surface area contributed by atoms with Crippen molar-refractivity contribution in [3.8, 4) is 5.75 Å². The summed E-state index contributed by atoms with van der Waals surface area (Å²) in [4.78, 5) is 23.9. The van der Waals surface area contributed by atoms with Gasteiger partial charge in [0, 0.05) is 16.4 Å². The second kappa shape index (κ2) is 8.59. The number of amides is 3. The van der Waals surface area contributed by atoms with E-state index in [4.69, 9.17) is 22.1 Å². The van der Waals surface area contributed by atoms with E-state index in [1.165, 1.54) is 19.2 Å². The summed E-state index contributed by atoms with van der Waals surface area (Å²) in [5.41, 5.74) is 5.91. The molecule has 0 fully saturated rings. The number of methoxy groups -OCH3 is 1. The van der Waals surface area contributed by atoms with Crippen LogP contribution in [0.4, 0.5) is 4.79 Å². The number of carbonyl (C=O) groups excluding carboxylic acids is 2. The lowest BCUT2D eigenvalue weighted by atomic mass is 10.2. The number of sulfonamides is 1. The van der Waals surface area contributed by atoms with Gasteiger partial charge in [-0.05, 0) is 43.2 Å². The summed E-state index contributed by atoms with van der Waals surface area (Å²) in [7, 11) is -2.53. The predicted molar refractivity (Wildman–Crippen MR) is 103 cm³/mol. The van der Waals surface area contributed by atoms with Crippen molar-refractivity contribution in [1.82, 2.24) is 10.0 Å². The van der Waals surface area contributed by atoms with Crippen LogP contribution in [0.2, 0.25) is 5.02 Å². The number of primary amides is 1. The number of nitrogens with one attached hydrogen (secondary N) is 2. The molecule has 8 nitrogen and oxygen atoms in total. The molecule has 0 saturated carbocycles. The van der Waals surface area contributed by atoms with Gasteiger partial charge in [0.05, 0.1) is 12.7 Å². The number of nitrogens with two attached hydrogens (primary N) is 1. The molecule has 0 atom stereocenters. The van der Waals surface area contributed by atoms with Crippen LogP contribution in [0.3, 0.4) is 0 Å². The smallest absolute Gasteiger partial charge is 0.326 e. The Morgan fingerprint density at radius 1 is 1.30 bits per heavy atom. The molecule has 11 heteroatoms. The highest BCUT2D eigenvalue weighted by molar-refractivity contribution is 7.92. The van der Waals surface area contributed by atoms with Crippen molar-refractivity contribution in [2.45, 2.75) is 17.6 Å². The fourth-order valence-electron chi connectivity index (χ4n) is 2.29. The molecule has 1 aromatic carbocycles. The minimum Gasteiger partial charge on any atom is -0.496 e.